The predicted octanol–water partition coefficient (Wildman–Crippen LogP) is 3.55. The van der Waals surface area contributed by atoms with E-state index in [1.807, 2.05) is 0 Å². The molecule has 6 rings (SSSR count). The van der Waals surface area contributed by atoms with E-state index in [4.69, 9.17) is 17.3 Å². The lowest BCUT2D eigenvalue weighted by Crippen LogP contribution is -2.22. The van der Waals surface area contributed by atoms with E-state index in [0.29, 0.717) is 0 Å². The average molecular weight is 778 g/mol. The number of rotatable bonds is 9. The van der Waals surface area contributed by atoms with Crippen LogP contribution in [0.1, 0.15) is 34.5 Å². The van der Waals surface area contributed by atoms with Gasteiger partial charge in [-0.1, -0.05) is 30.3 Å². The molecule has 0 radical (unpaired) electrons. The number of aromatic nitrogens is 3. The molecule has 4 aromatic carbocycles. The molecule has 2 unspecified atom stereocenters. The van der Waals surface area contributed by atoms with E-state index < -0.39 is 68.2 Å². The molecule has 22 heteroatoms. The van der Waals surface area contributed by atoms with Crippen molar-refractivity contribution in [2.24, 2.45) is 0 Å². The number of nitrogens with two attached hydrogens (primary N) is 1. The fraction of sp³-hybridized carbons (Fsp3) is 0.0690. The van der Waals surface area contributed by atoms with Gasteiger partial charge in [0.05, 0.1) is 16.3 Å². The molecule has 0 saturated carbocycles. The van der Waals surface area contributed by atoms with E-state index in [9.17, 15) is 49.1 Å². The first-order valence-electron chi connectivity index (χ1n) is 14.1. The molecule has 1 aromatic heterocycles. The molecule has 0 amide bonds. The molecule has 1 heterocycles. The number of hydrogen-bond donors (Lipinski definition) is 9. The molecule has 18 nitrogen and oxygen atoms in total. The minimum absolute atomic E-state index is 0.0132. The second-order valence-electron chi connectivity index (χ2n) is 10.9. The van der Waals surface area contributed by atoms with Crippen LogP contribution in [-0.2, 0) is 30.4 Å². The fourth-order valence-electron chi connectivity index (χ4n) is 5.47. The van der Waals surface area contributed by atoms with Crippen molar-refractivity contribution in [3.63, 3.8) is 0 Å². The third-order valence-electron chi connectivity index (χ3n) is 7.60. The molecule has 51 heavy (non-hydrogen) atoms. The monoisotopic (exact) mass is 777 g/mol. The summed E-state index contributed by atoms with van der Waals surface area (Å²) < 4.78 is 102. The van der Waals surface area contributed by atoms with Gasteiger partial charge >= 0.3 is 0 Å². The van der Waals surface area contributed by atoms with Crippen LogP contribution in [0.25, 0.3) is 0 Å². The standard InChI is InChI=1S/C29H24ClN7O11S3/c30-27-35-28(33-13-4-3-5-15(10-13)49(40,41)42)37-29(36-27)34-18-11-14(8-9-20(18)50(43,44)45)32-19-12-21(51(46,47)48)24(31)23-22(19)25(38)16-6-1-2-7-17(16)26(23)39/h1-12,25-26,32,38-39H,31H2,(H,40,41,42)(H,43,44,45)(H,46,47,48)(H2,33,34,35,36,37). The Bertz CT molecular complexity index is 2580. The van der Waals surface area contributed by atoms with Crippen molar-refractivity contribution in [1.82, 2.24) is 15.0 Å². The SMILES string of the molecule is Nc1c(S(=O)(=O)O)cc(Nc2ccc(S(=O)(=O)O)c(Nc3nc(Cl)nc(Nc4cccc(S(=O)(=O)O)c4)n3)c2)c2c1C(O)c1ccccc1C2O. The maximum absolute atomic E-state index is 12.3. The van der Waals surface area contributed by atoms with Crippen molar-refractivity contribution >= 4 is 82.3 Å². The third kappa shape index (κ3) is 7.28. The number of aliphatic hydroxyl groups excluding tert-OH is 2. The van der Waals surface area contributed by atoms with Crippen LogP contribution in [-0.4, -0.2) is 64.1 Å². The number of aliphatic hydroxyl groups is 2. The largest absolute Gasteiger partial charge is 0.397 e. The smallest absolute Gasteiger partial charge is 0.296 e. The Balaban J connectivity index is 1.42. The molecule has 0 spiro atoms. The zero-order valence-corrected chi connectivity index (χ0v) is 28.5. The molecule has 266 valence electrons. The highest BCUT2D eigenvalue weighted by Crippen LogP contribution is 2.49. The van der Waals surface area contributed by atoms with Gasteiger partial charge in [0.1, 0.15) is 22.0 Å². The van der Waals surface area contributed by atoms with Crippen LogP contribution in [0.4, 0.5) is 40.3 Å². The first kappa shape index (κ1) is 35.8. The van der Waals surface area contributed by atoms with Crippen molar-refractivity contribution < 1.29 is 49.1 Å². The predicted molar refractivity (Wildman–Crippen MR) is 182 cm³/mol. The molecular formula is C29H24ClN7O11S3. The van der Waals surface area contributed by atoms with Crippen molar-refractivity contribution in [3.8, 4) is 0 Å². The minimum Gasteiger partial charge on any atom is -0.397 e. The Hall–Kier alpha value is -4.97. The molecule has 0 aliphatic heterocycles. The Morgan fingerprint density at radius 1 is 0.608 bits per heavy atom. The summed E-state index contributed by atoms with van der Waals surface area (Å²) in [6, 6.07) is 15.4. The molecule has 0 saturated heterocycles. The summed E-state index contributed by atoms with van der Waals surface area (Å²) in [5.74, 6) is -0.633. The number of anilines is 7. The highest BCUT2D eigenvalue weighted by Gasteiger charge is 2.36. The normalized spacial score (nSPS) is 15.8. The van der Waals surface area contributed by atoms with Gasteiger partial charge in [0.2, 0.25) is 17.2 Å². The highest BCUT2D eigenvalue weighted by atomic mass is 35.5. The number of nitrogen functional groups attached to an aromatic ring is 1. The first-order chi connectivity index (χ1) is 23.8. The van der Waals surface area contributed by atoms with E-state index in [-0.39, 0.29) is 56.9 Å². The molecular weight excluding hydrogens is 754 g/mol. The van der Waals surface area contributed by atoms with Gasteiger partial charge in [-0.2, -0.15) is 40.2 Å². The molecule has 2 atom stereocenters. The van der Waals surface area contributed by atoms with Crippen LogP contribution >= 0.6 is 11.6 Å². The summed E-state index contributed by atoms with van der Waals surface area (Å²) in [7, 11) is -14.4. The van der Waals surface area contributed by atoms with Crippen LogP contribution < -0.4 is 21.7 Å². The number of hydrogen-bond acceptors (Lipinski definition) is 15. The van der Waals surface area contributed by atoms with Crippen LogP contribution in [0.5, 0.6) is 0 Å². The van der Waals surface area contributed by atoms with Gasteiger partial charge < -0.3 is 31.9 Å². The van der Waals surface area contributed by atoms with Crippen molar-refractivity contribution in [1.29, 1.82) is 0 Å². The van der Waals surface area contributed by atoms with Gasteiger partial charge in [0.25, 0.3) is 30.4 Å². The topological polar surface area (TPSA) is 304 Å². The van der Waals surface area contributed by atoms with E-state index in [1.165, 1.54) is 24.3 Å². The first-order valence-corrected chi connectivity index (χ1v) is 18.8. The van der Waals surface area contributed by atoms with Gasteiger partial charge in [0.15, 0.2) is 0 Å². The van der Waals surface area contributed by atoms with Crippen LogP contribution in [0.3, 0.4) is 0 Å². The molecule has 1 aliphatic carbocycles. The summed E-state index contributed by atoms with van der Waals surface area (Å²) in [5, 5.41) is 30.3. The molecule has 0 bridgehead atoms. The number of fused-ring (bicyclic) bond motifs is 2. The summed E-state index contributed by atoms with van der Waals surface area (Å²) in [4.78, 5) is 9.97. The third-order valence-corrected chi connectivity index (χ3v) is 10.4. The van der Waals surface area contributed by atoms with Crippen molar-refractivity contribution in [2.45, 2.75) is 26.9 Å². The average Bonchev–Trinajstić information content (AvgIpc) is 3.02. The van der Waals surface area contributed by atoms with Gasteiger partial charge in [-0.3, -0.25) is 13.7 Å². The lowest BCUT2D eigenvalue weighted by Gasteiger charge is -2.32. The maximum atomic E-state index is 12.3. The molecule has 0 fully saturated rings. The van der Waals surface area contributed by atoms with Gasteiger partial charge in [0, 0.05) is 28.2 Å². The summed E-state index contributed by atoms with van der Waals surface area (Å²) >= 11 is 6.07. The number of halogens is 1. The highest BCUT2D eigenvalue weighted by molar-refractivity contribution is 7.86. The van der Waals surface area contributed by atoms with Gasteiger partial charge in [-0.05, 0) is 65.2 Å². The summed E-state index contributed by atoms with van der Waals surface area (Å²) in [6.07, 6.45) is -2.97. The Morgan fingerprint density at radius 2 is 1.20 bits per heavy atom. The lowest BCUT2D eigenvalue weighted by atomic mass is 9.80. The minimum atomic E-state index is -4.98. The quantitative estimate of drug-likeness (QED) is 0.0763. The second kappa shape index (κ2) is 13.0. The lowest BCUT2D eigenvalue weighted by molar-refractivity contribution is 0.174. The maximum Gasteiger partial charge on any atom is 0.296 e. The molecule has 10 N–H and O–H groups in total. The number of benzene rings is 4. The van der Waals surface area contributed by atoms with E-state index in [0.717, 1.165) is 30.3 Å². The summed E-state index contributed by atoms with van der Waals surface area (Å²) in [5.41, 5.74) is 5.50. The Morgan fingerprint density at radius 3 is 1.80 bits per heavy atom. The van der Waals surface area contributed by atoms with E-state index >= 15 is 0 Å². The van der Waals surface area contributed by atoms with Crippen LogP contribution in [0, 0.1) is 0 Å². The fourth-order valence-corrected chi connectivity index (χ4v) is 7.44. The Kier molecular flexibility index (Phi) is 9.12. The van der Waals surface area contributed by atoms with E-state index in [2.05, 4.69) is 30.9 Å². The zero-order chi connectivity index (χ0) is 37.0. The summed E-state index contributed by atoms with van der Waals surface area (Å²) in [6.45, 7) is 0. The Labute approximate surface area is 294 Å². The van der Waals surface area contributed by atoms with Gasteiger partial charge in [-0.25, -0.2) is 0 Å². The molecule has 5 aromatic rings. The van der Waals surface area contributed by atoms with Crippen LogP contribution in [0.15, 0.2) is 87.5 Å². The van der Waals surface area contributed by atoms with Crippen molar-refractivity contribution in [3.05, 3.63) is 100 Å². The second-order valence-corrected chi connectivity index (χ2v) is 15.4. The zero-order valence-electron chi connectivity index (χ0n) is 25.3. The van der Waals surface area contributed by atoms with Crippen molar-refractivity contribution in [2.75, 3.05) is 21.7 Å². The number of nitrogens with zero attached hydrogens (tertiary/aromatic N) is 3. The van der Waals surface area contributed by atoms with Crippen LogP contribution in [0.2, 0.25) is 5.28 Å². The van der Waals surface area contributed by atoms with E-state index in [1.54, 1.807) is 18.2 Å². The van der Waals surface area contributed by atoms with Gasteiger partial charge in [-0.15, -0.1) is 0 Å². The molecule has 1 aliphatic rings. The number of nitrogens with one attached hydrogen (secondary N) is 3.